The Morgan fingerprint density at radius 2 is 2.00 bits per heavy atom. The predicted octanol–water partition coefficient (Wildman–Crippen LogP) is 1.63. The Balaban J connectivity index is 2.77. The third-order valence-corrected chi connectivity index (χ3v) is 2.70. The first kappa shape index (κ1) is 9.93. The van der Waals surface area contributed by atoms with Gasteiger partial charge in [0.25, 0.3) is 0 Å². The number of nitrogens with two attached hydrogens (primary N) is 2. The van der Waals surface area contributed by atoms with Gasteiger partial charge in [-0.25, -0.2) is 4.98 Å². The highest BCUT2D eigenvalue weighted by Gasteiger charge is 2.08. The second-order valence-corrected chi connectivity index (χ2v) is 3.66. The molecule has 0 spiro atoms. The van der Waals surface area contributed by atoms with Crippen LogP contribution in [-0.2, 0) is 6.42 Å². The zero-order chi connectivity index (χ0) is 10.8. The Kier molecular flexibility index (Phi) is 2.56. The summed E-state index contributed by atoms with van der Waals surface area (Å²) in [4.78, 5) is 4.36. The van der Waals surface area contributed by atoms with E-state index in [4.69, 9.17) is 11.5 Å². The van der Waals surface area contributed by atoms with E-state index in [0.29, 0.717) is 12.4 Å². The number of para-hydroxylation sites is 1. The minimum Gasteiger partial charge on any atom is -0.383 e. The molecule has 0 saturated carbocycles. The maximum atomic E-state index is 5.87. The predicted molar refractivity (Wildman–Crippen MR) is 63.7 cm³/mol. The molecule has 4 N–H and O–H groups in total. The zero-order valence-corrected chi connectivity index (χ0v) is 8.83. The van der Waals surface area contributed by atoms with Crippen LogP contribution in [0.25, 0.3) is 10.9 Å². The molecule has 2 rings (SSSR count). The minimum absolute atomic E-state index is 0.608. The molecule has 0 aliphatic heterocycles. The van der Waals surface area contributed by atoms with E-state index in [1.807, 2.05) is 25.1 Å². The first-order valence-electron chi connectivity index (χ1n) is 5.08. The minimum atomic E-state index is 0.608. The number of anilines is 1. The van der Waals surface area contributed by atoms with Crippen molar-refractivity contribution in [3.8, 4) is 0 Å². The van der Waals surface area contributed by atoms with Crippen molar-refractivity contribution in [2.24, 2.45) is 5.73 Å². The second-order valence-electron chi connectivity index (χ2n) is 3.66. The summed E-state index contributed by atoms with van der Waals surface area (Å²) >= 11 is 0. The summed E-state index contributed by atoms with van der Waals surface area (Å²) in [5.74, 6) is 0.608. The van der Waals surface area contributed by atoms with E-state index in [1.54, 1.807) is 0 Å². The molecule has 0 amide bonds. The fourth-order valence-corrected chi connectivity index (χ4v) is 1.86. The lowest BCUT2D eigenvalue weighted by Crippen LogP contribution is -2.07. The molecule has 0 bridgehead atoms. The van der Waals surface area contributed by atoms with Gasteiger partial charge in [-0.2, -0.15) is 0 Å². The fourth-order valence-electron chi connectivity index (χ4n) is 1.86. The van der Waals surface area contributed by atoms with E-state index >= 15 is 0 Å². The van der Waals surface area contributed by atoms with Crippen molar-refractivity contribution in [3.63, 3.8) is 0 Å². The molecular weight excluding hydrogens is 186 g/mol. The molecule has 0 unspecified atom stereocenters. The zero-order valence-electron chi connectivity index (χ0n) is 8.83. The fraction of sp³-hybridized carbons (Fsp3) is 0.250. The van der Waals surface area contributed by atoms with Crippen LogP contribution in [0.4, 0.5) is 5.82 Å². The molecule has 1 aromatic heterocycles. The Labute approximate surface area is 89.1 Å². The van der Waals surface area contributed by atoms with Gasteiger partial charge in [0.1, 0.15) is 5.82 Å². The van der Waals surface area contributed by atoms with E-state index in [9.17, 15) is 0 Å². The molecule has 0 aliphatic carbocycles. The van der Waals surface area contributed by atoms with Gasteiger partial charge in [0, 0.05) is 5.39 Å². The van der Waals surface area contributed by atoms with Crippen LogP contribution in [0.3, 0.4) is 0 Å². The molecule has 0 atom stereocenters. The van der Waals surface area contributed by atoms with Gasteiger partial charge in [0.05, 0.1) is 5.52 Å². The van der Waals surface area contributed by atoms with Crippen molar-refractivity contribution in [1.82, 2.24) is 4.98 Å². The van der Waals surface area contributed by atoms with Gasteiger partial charge in [-0.3, -0.25) is 0 Å². The van der Waals surface area contributed by atoms with Gasteiger partial charge in [0.15, 0.2) is 0 Å². The van der Waals surface area contributed by atoms with Gasteiger partial charge in [-0.05, 0) is 37.1 Å². The van der Waals surface area contributed by atoms with Gasteiger partial charge in [-0.1, -0.05) is 18.2 Å². The maximum Gasteiger partial charge on any atom is 0.127 e. The van der Waals surface area contributed by atoms with E-state index in [2.05, 4.69) is 11.1 Å². The van der Waals surface area contributed by atoms with Crippen LogP contribution in [0.5, 0.6) is 0 Å². The molecule has 1 aromatic carbocycles. The SMILES string of the molecule is Cc1c(N)nc2ccccc2c1CCN. The Morgan fingerprint density at radius 1 is 1.27 bits per heavy atom. The van der Waals surface area contributed by atoms with Crippen molar-refractivity contribution in [2.75, 3.05) is 12.3 Å². The molecule has 0 radical (unpaired) electrons. The average Bonchev–Trinajstić information content (AvgIpc) is 2.25. The summed E-state index contributed by atoms with van der Waals surface area (Å²) in [6.07, 6.45) is 0.846. The van der Waals surface area contributed by atoms with E-state index < -0.39 is 0 Å². The number of pyridine rings is 1. The Hall–Kier alpha value is -1.61. The third-order valence-electron chi connectivity index (χ3n) is 2.70. The molecule has 0 saturated heterocycles. The van der Waals surface area contributed by atoms with Crippen molar-refractivity contribution < 1.29 is 0 Å². The van der Waals surface area contributed by atoms with E-state index in [-0.39, 0.29) is 0 Å². The molecule has 3 nitrogen and oxygen atoms in total. The molecule has 2 aromatic rings. The van der Waals surface area contributed by atoms with Gasteiger partial charge < -0.3 is 11.5 Å². The number of rotatable bonds is 2. The highest BCUT2D eigenvalue weighted by atomic mass is 14.8. The number of fused-ring (bicyclic) bond motifs is 1. The monoisotopic (exact) mass is 201 g/mol. The largest absolute Gasteiger partial charge is 0.383 e. The van der Waals surface area contributed by atoms with Gasteiger partial charge in [-0.15, -0.1) is 0 Å². The molecule has 1 heterocycles. The number of benzene rings is 1. The average molecular weight is 201 g/mol. The van der Waals surface area contributed by atoms with E-state index in [0.717, 1.165) is 22.9 Å². The second kappa shape index (κ2) is 3.87. The molecular formula is C12H15N3. The highest BCUT2D eigenvalue weighted by Crippen LogP contribution is 2.24. The molecule has 78 valence electrons. The lowest BCUT2D eigenvalue weighted by atomic mass is 10.0. The summed E-state index contributed by atoms with van der Waals surface area (Å²) in [5, 5.41) is 1.16. The summed E-state index contributed by atoms with van der Waals surface area (Å²) in [7, 11) is 0. The Morgan fingerprint density at radius 3 is 2.73 bits per heavy atom. The smallest absolute Gasteiger partial charge is 0.127 e. The first-order chi connectivity index (χ1) is 7.24. The van der Waals surface area contributed by atoms with Crippen LogP contribution < -0.4 is 11.5 Å². The van der Waals surface area contributed by atoms with Crippen LogP contribution in [0.15, 0.2) is 24.3 Å². The summed E-state index contributed by atoms with van der Waals surface area (Å²) in [6.45, 7) is 2.63. The highest BCUT2D eigenvalue weighted by molar-refractivity contribution is 5.85. The quantitative estimate of drug-likeness (QED) is 0.776. The van der Waals surface area contributed by atoms with Crippen molar-refractivity contribution in [3.05, 3.63) is 35.4 Å². The standard InChI is InChI=1S/C12H15N3/c1-8-9(6-7-13)10-4-2-3-5-11(10)15-12(8)14/h2-5H,6-7,13H2,1H3,(H2,14,15). The van der Waals surface area contributed by atoms with E-state index in [1.165, 1.54) is 5.56 Å². The number of nitrogens with zero attached hydrogens (tertiary/aromatic N) is 1. The lowest BCUT2D eigenvalue weighted by molar-refractivity contribution is 0.965. The topological polar surface area (TPSA) is 64.9 Å². The molecule has 0 aliphatic rings. The summed E-state index contributed by atoms with van der Waals surface area (Å²) < 4.78 is 0. The summed E-state index contributed by atoms with van der Waals surface area (Å²) in [6, 6.07) is 8.03. The van der Waals surface area contributed by atoms with Crippen molar-refractivity contribution >= 4 is 16.7 Å². The molecule has 15 heavy (non-hydrogen) atoms. The van der Waals surface area contributed by atoms with Crippen LogP contribution in [0.2, 0.25) is 0 Å². The van der Waals surface area contributed by atoms with Crippen LogP contribution in [0.1, 0.15) is 11.1 Å². The number of aromatic nitrogens is 1. The summed E-state index contributed by atoms with van der Waals surface area (Å²) in [5.41, 5.74) is 14.7. The first-order valence-corrected chi connectivity index (χ1v) is 5.08. The van der Waals surface area contributed by atoms with Crippen LogP contribution in [-0.4, -0.2) is 11.5 Å². The van der Waals surface area contributed by atoms with Crippen LogP contribution >= 0.6 is 0 Å². The van der Waals surface area contributed by atoms with Crippen molar-refractivity contribution in [2.45, 2.75) is 13.3 Å². The molecule has 0 fully saturated rings. The molecule has 3 heteroatoms. The van der Waals surface area contributed by atoms with Crippen LogP contribution in [0, 0.1) is 6.92 Å². The Bertz CT molecular complexity index is 491. The maximum absolute atomic E-state index is 5.87. The number of hydrogen-bond donors (Lipinski definition) is 2. The van der Waals surface area contributed by atoms with Gasteiger partial charge in [0.2, 0.25) is 0 Å². The third kappa shape index (κ3) is 1.66. The number of hydrogen-bond acceptors (Lipinski definition) is 3. The van der Waals surface area contributed by atoms with Crippen molar-refractivity contribution in [1.29, 1.82) is 0 Å². The lowest BCUT2D eigenvalue weighted by Gasteiger charge is -2.10. The van der Waals surface area contributed by atoms with Gasteiger partial charge >= 0.3 is 0 Å². The normalized spacial score (nSPS) is 10.8. The number of nitrogen functional groups attached to an aromatic ring is 1.